The molecular formula is C13H19NO3. The normalized spacial score (nSPS) is 17.9. The van der Waals surface area contributed by atoms with Gasteiger partial charge in [-0.15, -0.1) is 0 Å². The number of carbonyl (C=O) groups is 1. The highest BCUT2D eigenvalue weighted by Crippen LogP contribution is 2.33. The molecule has 1 saturated carbocycles. The predicted molar refractivity (Wildman–Crippen MR) is 62.9 cm³/mol. The molecule has 1 aliphatic carbocycles. The van der Waals surface area contributed by atoms with Crippen LogP contribution >= 0.6 is 0 Å². The highest BCUT2D eigenvalue weighted by Gasteiger charge is 2.20. The molecule has 0 radical (unpaired) electrons. The van der Waals surface area contributed by atoms with Crippen molar-refractivity contribution < 1.29 is 14.4 Å². The first kappa shape index (κ1) is 12.1. The summed E-state index contributed by atoms with van der Waals surface area (Å²) in [6, 6.07) is 0. The Kier molecular flexibility index (Phi) is 4.18. The van der Waals surface area contributed by atoms with Crippen molar-refractivity contribution in [2.24, 2.45) is 0 Å². The van der Waals surface area contributed by atoms with Gasteiger partial charge in [-0.05, 0) is 18.8 Å². The lowest BCUT2D eigenvalue weighted by Crippen LogP contribution is -2.03. The molecule has 0 spiro atoms. The predicted octanol–water partition coefficient (Wildman–Crippen LogP) is 3.13. The molecule has 1 fully saturated rings. The number of hydrogen-bond donors (Lipinski definition) is 1. The van der Waals surface area contributed by atoms with E-state index in [4.69, 9.17) is 9.63 Å². The van der Waals surface area contributed by atoms with E-state index in [9.17, 15) is 4.79 Å². The maximum absolute atomic E-state index is 10.6. The van der Waals surface area contributed by atoms with Crippen molar-refractivity contribution in [2.75, 3.05) is 0 Å². The van der Waals surface area contributed by atoms with Crippen molar-refractivity contribution in [3.05, 3.63) is 17.5 Å². The van der Waals surface area contributed by atoms with E-state index in [1.165, 1.54) is 38.5 Å². The Morgan fingerprint density at radius 3 is 2.71 bits per heavy atom. The van der Waals surface area contributed by atoms with E-state index in [2.05, 4.69) is 5.16 Å². The van der Waals surface area contributed by atoms with Crippen molar-refractivity contribution in [1.29, 1.82) is 0 Å². The monoisotopic (exact) mass is 237 g/mol. The highest BCUT2D eigenvalue weighted by atomic mass is 16.5. The summed E-state index contributed by atoms with van der Waals surface area (Å²) in [5.74, 6) is -0.257. The fourth-order valence-electron chi connectivity index (χ4n) is 2.61. The van der Waals surface area contributed by atoms with E-state index in [0.29, 0.717) is 12.3 Å². The molecular weight excluding hydrogens is 218 g/mol. The van der Waals surface area contributed by atoms with Crippen LogP contribution in [0.3, 0.4) is 0 Å². The van der Waals surface area contributed by atoms with Crippen LogP contribution in [0.2, 0.25) is 0 Å². The zero-order valence-electron chi connectivity index (χ0n) is 10.0. The Balaban J connectivity index is 2.03. The number of carboxylic acids is 1. The van der Waals surface area contributed by atoms with Gasteiger partial charge in [0, 0.05) is 12.0 Å². The summed E-state index contributed by atoms with van der Waals surface area (Å²) in [4.78, 5) is 10.6. The summed E-state index contributed by atoms with van der Waals surface area (Å²) >= 11 is 0. The van der Waals surface area contributed by atoms with Crippen molar-refractivity contribution >= 4 is 5.97 Å². The molecule has 0 amide bonds. The minimum atomic E-state index is -0.778. The first-order chi connectivity index (χ1) is 8.27. The maximum atomic E-state index is 10.6. The molecule has 1 aromatic rings. The van der Waals surface area contributed by atoms with Crippen molar-refractivity contribution in [3.8, 4) is 0 Å². The van der Waals surface area contributed by atoms with Crippen LogP contribution in [0, 0.1) is 0 Å². The average molecular weight is 237 g/mol. The zero-order valence-corrected chi connectivity index (χ0v) is 10.0. The molecule has 0 atom stereocenters. The fourth-order valence-corrected chi connectivity index (χ4v) is 2.61. The quantitative estimate of drug-likeness (QED) is 0.817. The van der Waals surface area contributed by atoms with Crippen LogP contribution in [0.4, 0.5) is 0 Å². The van der Waals surface area contributed by atoms with E-state index in [0.717, 1.165) is 11.3 Å². The Labute approximate surface area is 101 Å². The molecule has 0 aromatic carbocycles. The number of rotatable bonds is 4. The van der Waals surface area contributed by atoms with Crippen LogP contribution in [-0.4, -0.2) is 16.2 Å². The number of aliphatic carboxylic acids is 1. The summed E-state index contributed by atoms with van der Waals surface area (Å²) in [6.45, 7) is 0. The molecule has 94 valence electrons. The molecule has 1 N–H and O–H groups in total. The van der Waals surface area contributed by atoms with E-state index in [1.807, 2.05) is 0 Å². The van der Waals surface area contributed by atoms with Crippen molar-refractivity contribution in [1.82, 2.24) is 5.16 Å². The van der Waals surface area contributed by atoms with Gasteiger partial charge in [0.05, 0.1) is 12.1 Å². The van der Waals surface area contributed by atoms with Crippen LogP contribution in [0.25, 0.3) is 0 Å². The van der Waals surface area contributed by atoms with E-state index in [-0.39, 0.29) is 6.42 Å². The number of nitrogens with zero attached hydrogens (tertiary/aromatic N) is 1. The molecule has 1 heterocycles. The smallest absolute Gasteiger partial charge is 0.303 e. The van der Waals surface area contributed by atoms with Gasteiger partial charge < -0.3 is 9.63 Å². The first-order valence-corrected chi connectivity index (χ1v) is 6.42. The summed E-state index contributed by atoms with van der Waals surface area (Å²) < 4.78 is 5.03. The number of aryl methyl sites for hydroxylation is 1. The standard InChI is InChI=1S/C13H19NO3/c15-13(16)8-7-12-11(9-17-14-12)10-5-3-1-2-4-6-10/h9-10H,1-8H2,(H,15,16). The van der Waals surface area contributed by atoms with Gasteiger partial charge in [-0.25, -0.2) is 0 Å². The largest absolute Gasteiger partial charge is 0.481 e. The Bertz CT molecular complexity index is 364. The van der Waals surface area contributed by atoms with Crippen LogP contribution in [0.5, 0.6) is 0 Å². The topological polar surface area (TPSA) is 63.3 Å². The lowest BCUT2D eigenvalue weighted by molar-refractivity contribution is -0.136. The summed E-state index contributed by atoms with van der Waals surface area (Å²) in [5, 5.41) is 12.7. The van der Waals surface area contributed by atoms with Gasteiger partial charge >= 0.3 is 5.97 Å². The SMILES string of the molecule is O=C(O)CCc1nocc1C1CCCCCC1. The molecule has 0 bridgehead atoms. The summed E-state index contributed by atoms with van der Waals surface area (Å²) in [7, 11) is 0. The molecule has 0 unspecified atom stereocenters. The minimum absolute atomic E-state index is 0.131. The average Bonchev–Trinajstić information content (AvgIpc) is 2.60. The van der Waals surface area contributed by atoms with Crippen molar-refractivity contribution in [2.45, 2.75) is 57.3 Å². The zero-order chi connectivity index (χ0) is 12.1. The Morgan fingerprint density at radius 2 is 2.06 bits per heavy atom. The van der Waals surface area contributed by atoms with Gasteiger partial charge in [0.15, 0.2) is 0 Å². The van der Waals surface area contributed by atoms with Gasteiger partial charge in [-0.1, -0.05) is 30.8 Å². The molecule has 4 nitrogen and oxygen atoms in total. The second-order valence-electron chi connectivity index (χ2n) is 4.80. The second kappa shape index (κ2) is 5.84. The summed E-state index contributed by atoms with van der Waals surface area (Å²) in [6.07, 6.45) is 9.83. The molecule has 1 aliphatic rings. The van der Waals surface area contributed by atoms with E-state index in [1.54, 1.807) is 6.26 Å². The van der Waals surface area contributed by atoms with Crippen LogP contribution in [0.1, 0.15) is 62.1 Å². The maximum Gasteiger partial charge on any atom is 0.303 e. The molecule has 0 aliphatic heterocycles. The van der Waals surface area contributed by atoms with Crippen LogP contribution in [-0.2, 0) is 11.2 Å². The van der Waals surface area contributed by atoms with Gasteiger partial charge in [-0.2, -0.15) is 0 Å². The minimum Gasteiger partial charge on any atom is -0.481 e. The molecule has 17 heavy (non-hydrogen) atoms. The first-order valence-electron chi connectivity index (χ1n) is 6.42. The third-order valence-corrected chi connectivity index (χ3v) is 3.55. The fraction of sp³-hybridized carbons (Fsp3) is 0.692. The van der Waals surface area contributed by atoms with Crippen molar-refractivity contribution in [3.63, 3.8) is 0 Å². The number of aromatic nitrogens is 1. The van der Waals surface area contributed by atoms with Crippen LogP contribution < -0.4 is 0 Å². The number of carboxylic acid groups (broad SMARTS) is 1. The lowest BCUT2D eigenvalue weighted by atomic mass is 9.91. The summed E-state index contributed by atoms with van der Waals surface area (Å²) in [5.41, 5.74) is 1.99. The molecule has 4 heteroatoms. The third-order valence-electron chi connectivity index (χ3n) is 3.55. The van der Waals surface area contributed by atoms with Gasteiger partial charge in [0.25, 0.3) is 0 Å². The Morgan fingerprint density at radius 1 is 1.35 bits per heavy atom. The second-order valence-corrected chi connectivity index (χ2v) is 4.80. The van der Waals surface area contributed by atoms with Crippen LogP contribution in [0.15, 0.2) is 10.8 Å². The van der Waals surface area contributed by atoms with Gasteiger partial charge in [0.2, 0.25) is 0 Å². The van der Waals surface area contributed by atoms with Gasteiger partial charge in [0.1, 0.15) is 6.26 Å². The highest BCUT2D eigenvalue weighted by molar-refractivity contribution is 5.67. The third kappa shape index (κ3) is 3.32. The van der Waals surface area contributed by atoms with E-state index < -0.39 is 5.97 Å². The lowest BCUT2D eigenvalue weighted by Gasteiger charge is -2.12. The van der Waals surface area contributed by atoms with Gasteiger partial charge in [-0.3, -0.25) is 4.79 Å². The molecule has 0 saturated heterocycles. The van der Waals surface area contributed by atoms with E-state index >= 15 is 0 Å². The molecule has 2 rings (SSSR count). The number of hydrogen-bond acceptors (Lipinski definition) is 3. The Hall–Kier alpha value is -1.32. The molecule has 1 aromatic heterocycles.